The van der Waals surface area contributed by atoms with Gasteiger partial charge in [0.1, 0.15) is 0 Å². The maximum atomic E-state index is 5.85. The van der Waals surface area contributed by atoms with Crippen molar-refractivity contribution in [1.82, 2.24) is 5.32 Å². The predicted molar refractivity (Wildman–Crippen MR) is 57.9 cm³/mol. The largest absolute Gasteiger partial charge is 0.323 e. The number of aryl methyl sites for hydroxylation is 1. The van der Waals surface area contributed by atoms with E-state index >= 15 is 0 Å². The second-order valence-corrected chi connectivity index (χ2v) is 4.34. The zero-order valence-corrected chi connectivity index (χ0v) is 8.53. The van der Waals surface area contributed by atoms with Crippen molar-refractivity contribution in [2.75, 3.05) is 13.1 Å². The van der Waals surface area contributed by atoms with Crippen LogP contribution in [0.5, 0.6) is 0 Å². The van der Waals surface area contributed by atoms with Crippen molar-refractivity contribution in [3.63, 3.8) is 0 Å². The fourth-order valence-corrected chi connectivity index (χ4v) is 2.56. The van der Waals surface area contributed by atoms with Gasteiger partial charge in [0.15, 0.2) is 0 Å². The van der Waals surface area contributed by atoms with E-state index < -0.39 is 0 Å². The molecule has 70 valence electrons. The summed E-state index contributed by atoms with van der Waals surface area (Å²) >= 11 is 1.79. The van der Waals surface area contributed by atoms with E-state index in [0.717, 1.165) is 13.1 Å². The number of hydrogen-bond donors (Lipinski definition) is 2. The standard InChI is InChI=1S/C10H14N2S/c1-7-2-3-13-10(7)8-4-9(11)6-12-5-8/h2-4,9,12H,5-6,11H2,1H3. The van der Waals surface area contributed by atoms with Crippen LogP contribution in [0.4, 0.5) is 0 Å². The Labute approximate surface area is 82.5 Å². The molecule has 0 bridgehead atoms. The molecular weight excluding hydrogens is 180 g/mol. The number of thiophene rings is 1. The second-order valence-electron chi connectivity index (χ2n) is 3.42. The average molecular weight is 194 g/mol. The molecule has 3 heteroatoms. The van der Waals surface area contributed by atoms with Crippen LogP contribution in [-0.2, 0) is 0 Å². The van der Waals surface area contributed by atoms with E-state index in [1.165, 1.54) is 16.0 Å². The minimum atomic E-state index is 0.172. The fraction of sp³-hybridized carbons (Fsp3) is 0.400. The Bertz CT molecular complexity index is 327. The summed E-state index contributed by atoms with van der Waals surface area (Å²) in [7, 11) is 0. The van der Waals surface area contributed by atoms with Crippen molar-refractivity contribution in [3.05, 3.63) is 28.0 Å². The van der Waals surface area contributed by atoms with Crippen molar-refractivity contribution < 1.29 is 0 Å². The first kappa shape index (κ1) is 8.94. The maximum Gasteiger partial charge on any atom is 0.0357 e. The van der Waals surface area contributed by atoms with Gasteiger partial charge in [0.2, 0.25) is 0 Å². The minimum Gasteiger partial charge on any atom is -0.323 e. The van der Waals surface area contributed by atoms with Gasteiger partial charge in [-0.25, -0.2) is 0 Å². The highest BCUT2D eigenvalue weighted by Gasteiger charge is 2.12. The second kappa shape index (κ2) is 3.62. The Morgan fingerprint density at radius 2 is 2.46 bits per heavy atom. The van der Waals surface area contributed by atoms with Gasteiger partial charge < -0.3 is 11.1 Å². The first-order valence-corrected chi connectivity index (χ1v) is 5.37. The molecule has 1 aromatic heterocycles. The highest BCUT2D eigenvalue weighted by molar-refractivity contribution is 7.11. The molecule has 0 fully saturated rings. The van der Waals surface area contributed by atoms with Crippen molar-refractivity contribution in [3.8, 4) is 0 Å². The van der Waals surface area contributed by atoms with Gasteiger partial charge in [-0.05, 0) is 29.5 Å². The number of rotatable bonds is 1. The molecule has 2 rings (SSSR count). The molecule has 0 aromatic carbocycles. The van der Waals surface area contributed by atoms with E-state index in [1.807, 2.05) is 0 Å². The van der Waals surface area contributed by atoms with Crippen LogP contribution in [0.15, 0.2) is 17.5 Å². The number of nitrogens with two attached hydrogens (primary N) is 1. The molecule has 0 amide bonds. The van der Waals surface area contributed by atoms with E-state index in [9.17, 15) is 0 Å². The smallest absolute Gasteiger partial charge is 0.0357 e. The van der Waals surface area contributed by atoms with Crippen LogP contribution >= 0.6 is 11.3 Å². The summed E-state index contributed by atoms with van der Waals surface area (Å²) in [5.74, 6) is 0. The third-order valence-corrected chi connectivity index (χ3v) is 3.36. The lowest BCUT2D eigenvalue weighted by Gasteiger charge is -2.18. The summed E-state index contributed by atoms with van der Waals surface area (Å²) in [6.45, 7) is 4.00. The minimum absolute atomic E-state index is 0.172. The summed E-state index contributed by atoms with van der Waals surface area (Å²) in [4.78, 5) is 1.38. The molecule has 2 heterocycles. The lowest BCUT2D eigenvalue weighted by molar-refractivity contribution is 0.663. The molecule has 0 radical (unpaired) electrons. The van der Waals surface area contributed by atoms with Crippen molar-refractivity contribution in [2.45, 2.75) is 13.0 Å². The summed E-state index contributed by atoms with van der Waals surface area (Å²) in [5.41, 5.74) is 8.55. The molecule has 3 N–H and O–H groups in total. The molecule has 2 nitrogen and oxygen atoms in total. The van der Waals surface area contributed by atoms with Gasteiger partial charge in [-0.3, -0.25) is 0 Å². The first-order chi connectivity index (χ1) is 6.27. The topological polar surface area (TPSA) is 38.0 Å². The molecule has 13 heavy (non-hydrogen) atoms. The van der Waals surface area contributed by atoms with Gasteiger partial charge in [0.25, 0.3) is 0 Å². The van der Waals surface area contributed by atoms with Gasteiger partial charge in [-0.15, -0.1) is 11.3 Å². The molecule has 1 unspecified atom stereocenters. The Morgan fingerprint density at radius 3 is 3.08 bits per heavy atom. The summed E-state index contributed by atoms with van der Waals surface area (Å²) in [5, 5.41) is 5.44. The summed E-state index contributed by atoms with van der Waals surface area (Å²) in [6, 6.07) is 2.33. The molecule has 0 saturated carbocycles. The average Bonchev–Trinajstić information content (AvgIpc) is 2.51. The maximum absolute atomic E-state index is 5.85. The van der Waals surface area contributed by atoms with Crippen LogP contribution in [0.25, 0.3) is 5.57 Å². The van der Waals surface area contributed by atoms with E-state index in [0.29, 0.717) is 0 Å². The predicted octanol–water partition coefficient (Wildman–Crippen LogP) is 1.37. The molecule has 1 aliphatic rings. The van der Waals surface area contributed by atoms with Gasteiger partial charge in [0.05, 0.1) is 0 Å². The van der Waals surface area contributed by atoms with Crippen molar-refractivity contribution in [2.24, 2.45) is 5.73 Å². The van der Waals surface area contributed by atoms with Crippen molar-refractivity contribution >= 4 is 16.9 Å². The highest BCUT2D eigenvalue weighted by Crippen LogP contribution is 2.25. The normalized spacial score (nSPS) is 22.9. The Kier molecular flexibility index (Phi) is 2.49. The summed E-state index contributed by atoms with van der Waals surface area (Å²) in [6.07, 6.45) is 2.18. The zero-order chi connectivity index (χ0) is 9.26. The summed E-state index contributed by atoms with van der Waals surface area (Å²) < 4.78 is 0. The number of hydrogen-bond acceptors (Lipinski definition) is 3. The molecule has 1 aromatic rings. The van der Waals surface area contributed by atoms with Gasteiger partial charge >= 0.3 is 0 Å². The van der Waals surface area contributed by atoms with Crippen molar-refractivity contribution in [1.29, 1.82) is 0 Å². The molecule has 0 aliphatic carbocycles. The van der Waals surface area contributed by atoms with Crippen LogP contribution in [0, 0.1) is 6.92 Å². The zero-order valence-electron chi connectivity index (χ0n) is 7.71. The lowest BCUT2D eigenvalue weighted by Crippen LogP contribution is -2.37. The van der Waals surface area contributed by atoms with Crippen LogP contribution < -0.4 is 11.1 Å². The van der Waals surface area contributed by atoms with Crippen LogP contribution in [-0.4, -0.2) is 19.1 Å². The van der Waals surface area contributed by atoms with Gasteiger partial charge in [-0.1, -0.05) is 6.08 Å². The lowest BCUT2D eigenvalue weighted by atomic mass is 10.1. The van der Waals surface area contributed by atoms with Crippen LogP contribution in [0.1, 0.15) is 10.4 Å². The molecular formula is C10H14N2S. The SMILES string of the molecule is Cc1ccsc1C1=CC(N)CNC1. The van der Waals surface area contributed by atoms with E-state index in [-0.39, 0.29) is 6.04 Å². The Hall–Kier alpha value is -0.640. The van der Waals surface area contributed by atoms with E-state index in [4.69, 9.17) is 5.73 Å². The molecule has 0 saturated heterocycles. The molecule has 0 spiro atoms. The molecule has 1 atom stereocenters. The van der Waals surface area contributed by atoms with Gasteiger partial charge in [-0.2, -0.15) is 0 Å². The van der Waals surface area contributed by atoms with Crippen LogP contribution in [0.3, 0.4) is 0 Å². The Balaban J connectivity index is 2.30. The van der Waals surface area contributed by atoms with E-state index in [2.05, 4.69) is 29.8 Å². The third kappa shape index (κ3) is 1.82. The van der Waals surface area contributed by atoms with Crippen LogP contribution in [0.2, 0.25) is 0 Å². The van der Waals surface area contributed by atoms with Gasteiger partial charge in [0, 0.05) is 24.0 Å². The fourth-order valence-electron chi connectivity index (χ4n) is 1.61. The first-order valence-electron chi connectivity index (χ1n) is 4.49. The quantitative estimate of drug-likeness (QED) is 0.708. The highest BCUT2D eigenvalue weighted by atomic mass is 32.1. The molecule has 1 aliphatic heterocycles. The number of nitrogens with one attached hydrogen (secondary N) is 1. The van der Waals surface area contributed by atoms with E-state index in [1.54, 1.807) is 11.3 Å². The third-order valence-electron chi connectivity index (χ3n) is 2.26. The Morgan fingerprint density at radius 1 is 1.62 bits per heavy atom. The monoisotopic (exact) mass is 194 g/mol.